The summed E-state index contributed by atoms with van der Waals surface area (Å²) in [5, 5.41) is 45.3. The molecule has 1 heterocycles. The Morgan fingerprint density at radius 3 is 1.42 bits per heavy atom. The Hall–Kier alpha value is -1.75. The number of nitrogens with one attached hydrogen (secondary N) is 2. The highest BCUT2D eigenvalue weighted by Gasteiger charge is 2.28. The summed E-state index contributed by atoms with van der Waals surface area (Å²) >= 11 is 0. The topological polar surface area (TPSA) is 147 Å². The normalized spacial score (nSPS) is 11.4. The van der Waals surface area contributed by atoms with E-state index in [2.05, 4.69) is 39.4 Å². The quantitative estimate of drug-likeness (QED) is 0.174. The van der Waals surface area contributed by atoms with Gasteiger partial charge >= 0.3 is 0 Å². The van der Waals surface area contributed by atoms with Crippen LogP contribution in [0, 0.1) is 0 Å². The zero-order valence-electron chi connectivity index (χ0n) is 19.1. The van der Waals surface area contributed by atoms with Gasteiger partial charge in [0.15, 0.2) is 0 Å². The Kier molecular flexibility index (Phi) is 14.9. The molecule has 0 aromatic carbocycles. The second kappa shape index (κ2) is 16.9. The average molecular weight is 443 g/mol. The fraction of sp³-hybridized carbons (Fsp3) is 0.857. The Balaban J connectivity index is 3.08. The molecule has 1 aromatic rings. The molecule has 0 radical (unpaired) electrons. The highest BCUT2D eigenvalue weighted by Crippen LogP contribution is 2.19. The summed E-state index contributed by atoms with van der Waals surface area (Å²) in [6.07, 6.45) is 8.87. The summed E-state index contributed by atoms with van der Waals surface area (Å²) in [5.74, 6) is 0.946. The largest absolute Gasteiger partial charge is 0.394 e. The van der Waals surface area contributed by atoms with E-state index in [-0.39, 0.29) is 32.4 Å². The van der Waals surface area contributed by atoms with Gasteiger partial charge in [-0.1, -0.05) is 52.4 Å². The van der Waals surface area contributed by atoms with Crippen molar-refractivity contribution in [2.45, 2.75) is 77.3 Å². The van der Waals surface area contributed by atoms with Gasteiger partial charge in [0.2, 0.25) is 17.8 Å². The fourth-order valence-electron chi connectivity index (χ4n) is 3.23. The van der Waals surface area contributed by atoms with Gasteiger partial charge in [0.05, 0.1) is 38.5 Å². The van der Waals surface area contributed by atoms with Crippen LogP contribution in [-0.4, -0.2) is 87.0 Å². The molecular weight excluding hydrogens is 400 g/mol. The highest BCUT2D eigenvalue weighted by molar-refractivity contribution is 5.45. The zero-order chi connectivity index (χ0) is 22.9. The zero-order valence-corrected chi connectivity index (χ0v) is 19.1. The highest BCUT2D eigenvalue weighted by atomic mass is 16.3. The van der Waals surface area contributed by atoms with Crippen LogP contribution in [0.3, 0.4) is 0 Å². The van der Waals surface area contributed by atoms with Gasteiger partial charge in [-0.2, -0.15) is 15.0 Å². The van der Waals surface area contributed by atoms with Gasteiger partial charge in [-0.05, 0) is 12.8 Å². The third-order valence-corrected chi connectivity index (χ3v) is 5.11. The molecule has 0 amide bonds. The van der Waals surface area contributed by atoms with E-state index in [0.29, 0.717) is 25.0 Å². The Labute approximate surface area is 186 Å². The summed E-state index contributed by atoms with van der Waals surface area (Å²) in [6.45, 7) is 4.25. The van der Waals surface area contributed by atoms with E-state index in [1.54, 1.807) is 0 Å². The number of nitrogens with zero attached hydrogens (tertiary/aromatic N) is 4. The van der Waals surface area contributed by atoms with E-state index in [1.165, 1.54) is 17.7 Å². The molecule has 6 N–H and O–H groups in total. The van der Waals surface area contributed by atoms with Gasteiger partial charge in [-0.15, -0.1) is 0 Å². The first-order chi connectivity index (χ1) is 15.1. The van der Waals surface area contributed by atoms with Crippen molar-refractivity contribution < 1.29 is 20.4 Å². The fourth-order valence-corrected chi connectivity index (χ4v) is 3.23. The van der Waals surface area contributed by atoms with Crippen molar-refractivity contribution in [1.29, 1.82) is 0 Å². The lowest BCUT2D eigenvalue weighted by molar-refractivity contribution is 0.142. The molecular formula is C21H42N6O4. The molecule has 0 spiro atoms. The lowest BCUT2D eigenvalue weighted by Gasteiger charge is -2.35. The maximum atomic E-state index is 9.72. The van der Waals surface area contributed by atoms with Crippen molar-refractivity contribution in [1.82, 2.24) is 15.0 Å². The minimum Gasteiger partial charge on any atom is -0.394 e. The molecule has 0 aliphatic heterocycles. The van der Waals surface area contributed by atoms with Crippen LogP contribution >= 0.6 is 0 Å². The summed E-state index contributed by atoms with van der Waals surface area (Å²) in [6, 6.07) is -1.52. The molecule has 0 saturated carbocycles. The standard InChI is InChI=1S/C21H42N6O4/c1-3-5-7-9-11-22-19-24-20(23-12-10-8-6-4-2)26-21(25-19)27(17(13-28)14-29)18(15-30)16-31/h17-18,28-31H,3-16H2,1-2H3,(H2,22,23,24,25,26). The van der Waals surface area contributed by atoms with E-state index < -0.39 is 12.1 Å². The van der Waals surface area contributed by atoms with E-state index in [1.807, 2.05) is 0 Å². The minimum absolute atomic E-state index is 0.184. The molecule has 0 saturated heterocycles. The van der Waals surface area contributed by atoms with Crippen LogP contribution < -0.4 is 15.5 Å². The number of hydrogen-bond donors (Lipinski definition) is 6. The lowest BCUT2D eigenvalue weighted by Crippen LogP contribution is -2.51. The monoisotopic (exact) mass is 442 g/mol. The average Bonchev–Trinajstić information content (AvgIpc) is 2.79. The van der Waals surface area contributed by atoms with Crippen LogP contribution in [0.1, 0.15) is 65.2 Å². The maximum Gasteiger partial charge on any atom is 0.232 e. The summed E-state index contributed by atoms with van der Waals surface area (Å²) in [5.41, 5.74) is 0. The number of hydrogen-bond acceptors (Lipinski definition) is 10. The van der Waals surface area contributed by atoms with Crippen molar-refractivity contribution in [3.05, 3.63) is 0 Å². The van der Waals surface area contributed by atoms with Gasteiger partial charge < -0.3 is 36.0 Å². The predicted molar refractivity (Wildman–Crippen MR) is 123 cm³/mol. The van der Waals surface area contributed by atoms with Gasteiger partial charge in [-0.3, -0.25) is 0 Å². The minimum atomic E-state index is -0.762. The predicted octanol–water partition coefficient (Wildman–Crippen LogP) is 1.37. The van der Waals surface area contributed by atoms with Crippen molar-refractivity contribution in [2.75, 3.05) is 55.1 Å². The summed E-state index contributed by atoms with van der Waals surface area (Å²) in [7, 11) is 0. The number of rotatable bonds is 19. The number of aliphatic hydroxyl groups is 4. The molecule has 0 aliphatic carbocycles. The number of unbranched alkanes of at least 4 members (excludes halogenated alkanes) is 6. The molecule has 0 atom stereocenters. The van der Waals surface area contributed by atoms with Crippen LogP contribution in [0.2, 0.25) is 0 Å². The second-order valence-electron chi connectivity index (χ2n) is 7.70. The van der Waals surface area contributed by atoms with Crippen LogP contribution in [-0.2, 0) is 0 Å². The number of aliphatic hydroxyl groups excluding tert-OH is 4. The number of anilines is 3. The molecule has 180 valence electrons. The van der Waals surface area contributed by atoms with Crippen molar-refractivity contribution in [3.8, 4) is 0 Å². The number of aromatic nitrogens is 3. The molecule has 10 heteroatoms. The Morgan fingerprint density at radius 2 is 1.06 bits per heavy atom. The third kappa shape index (κ3) is 9.94. The van der Waals surface area contributed by atoms with E-state index >= 15 is 0 Å². The van der Waals surface area contributed by atoms with Crippen LogP contribution in [0.4, 0.5) is 17.8 Å². The first-order valence-electron chi connectivity index (χ1n) is 11.6. The second-order valence-corrected chi connectivity index (χ2v) is 7.70. The smallest absolute Gasteiger partial charge is 0.232 e. The molecule has 0 aliphatic rings. The third-order valence-electron chi connectivity index (χ3n) is 5.11. The van der Waals surface area contributed by atoms with E-state index in [0.717, 1.165) is 38.5 Å². The molecule has 10 nitrogen and oxygen atoms in total. The Bertz CT molecular complexity index is 529. The summed E-state index contributed by atoms with van der Waals surface area (Å²) in [4.78, 5) is 14.8. The Morgan fingerprint density at radius 1 is 0.645 bits per heavy atom. The van der Waals surface area contributed by atoms with Gasteiger partial charge in [-0.25, -0.2) is 0 Å². The molecule has 31 heavy (non-hydrogen) atoms. The van der Waals surface area contributed by atoms with Crippen molar-refractivity contribution in [2.24, 2.45) is 0 Å². The summed E-state index contributed by atoms with van der Waals surface area (Å²) < 4.78 is 0. The van der Waals surface area contributed by atoms with E-state index in [4.69, 9.17) is 0 Å². The van der Waals surface area contributed by atoms with Crippen LogP contribution in [0.15, 0.2) is 0 Å². The van der Waals surface area contributed by atoms with E-state index in [9.17, 15) is 20.4 Å². The first kappa shape index (κ1) is 27.3. The molecule has 0 fully saturated rings. The van der Waals surface area contributed by atoms with Crippen molar-refractivity contribution >= 4 is 17.8 Å². The lowest BCUT2D eigenvalue weighted by atomic mass is 10.2. The SMILES string of the molecule is CCCCCCNc1nc(NCCCCCC)nc(N(C(CO)CO)C(CO)CO)n1. The van der Waals surface area contributed by atoms with Crippen LogP contribution in [0.5, 0.6) is 0 Å². The maximum absolute atomic E-state index is 9.72. The van der Waals surface area contributed by atoms with Gasteiger partial charge in [0.1, 0.15) is 0 Å². The van der Waals surface area contributed by atoms with Crippen molar-refractivity contribution in [3.63, 3.8) is 0 Å². The van der Waals surface area contributed by atoms with Crippen LogP contribution in [0.25, 0.3) is 0 Å². The first-order valence-corrected chi connectivity index (χ1v) is 11.6. The van der Waals surface area contributed by atoms with Gasteiger partial charge in [0.25, 0.3) is 0 Å². The van der Waals surface area contributed by atoms with Gasteiger partial charge in [0, 0.05) is 13.1 Å². The molecule has 1 rings (SSSR count). The molecule has 0 bridgehead atoms. The molecule has 1 aromatic heterocycles. The molecule has 0 unspecified atom stereocenters.